The number of carbonyl (C=O) groups is 2. The lowest BCUT2D eigenvalue weighted by molar-refractivity contribution is 0.102. The van der Waals surface area contributed by atoms with Gasteiger partial charge >= 0.3 is 6.09 Å². The summed E-state index contributed by atoms with van der Waals surface area (Å²) >= 11 is 0. The number of rotatable bonds is 7. The van der Waals surface area contributed by atoms with E-state index in [9.17, 15) is 14.7 Å². The van der Waals surface area contributed by atoms with E-state index < -0.39 is 12.0 Å². The predicted molar refractivity (Wildman–Crippen MR) is 133 cm³/mol. The molecular formula is C25H27N7O4. The van der Waals surface area contributed by atoms with Crippen molar-refractivity contribution in [3.8, 4) is 17.6 Å². The molecule has 1 aliphatic carbocycles. The average molecular weight is 490 g/mol. The molecule has 186 valence electrons. The van der Waals surface area contributed by atoms with E-state index in [0.29, 0.717) is 30.3 Å². The maximum Gasteiger partial charge on any atom is 0.407 e. The Balaban J connectivity index is 1.28. The Labute approximate surface area is 208 Å². The number of anilines is 2. The Hall–Kier alpha value is -4.33. The third kappa shape index (κ3) is 4.88. The minimum atomic E-state index is -0.864. The summed E-state index contributed by atoms with van der Waals surface area (Å²) in [5, 5.41) is 17.7. The largest absolute Gasteiger partial charge is 0.479 e. The molecule has 2 fully saturated rings. The van der Waals surface area contributed by atoms with Gasteiger partial charge < -0.3 is 25.0 Å². The van der Waals surface area contributed by atoms with Crippen LogP contribution in [0.1, 0.15) is 36.7 Å². The van der Waals surface area contributed by atoms with E-state index in [2.05, 4.69) is 32.2 Å². The molecule has 3 aromatic rings. The van der Waals surface area contributed by atoms with Crippen molar-refractivity contribution in [3.05, 3.63) is 36.4 Å². The van der Waals surface area contributed by atoms with Crippen LogP contribution in [0.4, 0.5) is 16.3 Å². The van der Waals surface area contributed by atoms with Gasteiger partial charge in [-0.1, -0.05) is 5.92 Å². The highest BCUT2D eigenvalue weighted by Gasteiger charge is 2.40. The number of fused-ring (bicyclic) bond motifs is 1. The lowest BCUT2D eigenvalue weighted by Gasteiger charge is -2.26. The van der Waals surface area contributed by atoms with Gasteiger partial charge in [0.1, 0.15) is 23.9 Å². The minimum Gasteiger partial charge on any atom is -0.479 e. The number of carboxylic acid groups (broad SMARTS) is 1. The number of benzene rings is 1. The van der Waals surface area contributed by atoms with Gasteiger partial charge in [0.15, 0.2) is 0 Å². The standard InChI is InChI=1S/C25H27N7O4/c1-3-4-9-36-22-11-19-16(14-30(2)29-19)10-20(22)28-24(33)21-12-27-23(13-26-21)31-8-7-18(15-31)32(25(34)35)17-5-6-17/h10-14,17-18H,5-9,15H2,1-2H3,(H,28,33)(H,34,35)/t18-/m1/s1. The number of nitrogens with zero attached hydrogens (tertiary/aromatic N) is 6. The number of carbonyl (C=O) groups excluding carboxylic acids is 1. The smallest absolute Gasteiger partial charge is 0.407 e. The Morgan fingerprint density at radius 2 is 2.06 bits per heavy atom. The summed E-state index contributed by atoms with van der Waals surface area (Å²) in [7, 11) is 1.83. The summed E-state index contributed by atoms with van der Waals surface area (Å²) in [6, 6.07) is 3.65. The fourth-order valence-corrected chi connectivity index (χ4v) is 4.51. The molecule has 0 bridgehead atoms. The lowest BCUT2D eigenvalue weighted by atomic mass is 10.2. The molecule has 0 radical (unpaired) electrons. The minimum absolute atomic E-state index is 0.0574. The van der Waals surface area contributed by atoms with Crippen molar-refractivity contribution in [1.29, 1.82) is 0 Å². The van der Waals surface area contributed by atoms with Crippen LogP contribution in [0, 0.1) is 11.8 Å². The number of aryl methyl sites for hydroxylation is 1. The van der Waals surface area contributed by atoms with Gasteiger partial charge in [-0.15, -0.1) is 5.92 Å². The summed E-state index contributed by atoms with van der Waals surface area (Å²) < 4.78 is 7.45. The van der Waals surface area contributed by atoms with Crippen LogP contribution in [0.3, 0.4) is 0 Å². The van der Waals surface area contributed by atoms with Gasteiger partial charge in [0.25, 0.3) is 5.91 Å². The Morgan fingerprint density at radius 1 is 1.22 bits per heavy atom. The maximum absolute atomic E-state index is 13.0. The Morgan fingerprint density at radius 3 is 2.75 bits per heavy atom. The third-order valence-corrected chi connectivity index (χ3v) is 6.36. The highest BCUT2D eigenvalue weighted by molar-refractivity contribution is 6.04. The van der Waals surface area contributed by atoms with Crippen LogP contribution < -0.4 is 15.0 Å². The number of aromatic nitrogens is 4. The van der Waals surface area contributed by atoms with E-state index in [1.807, 2.05) is 18.1 Å². The van der Waals surface area contributed by atoms with Crippen molar-refractivity contribution in [1.82, 2.24) is 24.6 Å². The number of hydrogen-bond acceptors (Lipinski definition) is 7. The molecule has 2 aromatic heterocycles. The topological polar surface area (TPSA) is 126 Å². The van der Waals surface area contributed by atoms with E-state index in [-0.39, 0.29) is 24.4 Å². The van der Waals surface area contributed by atoms with Crippen molar-refractivity contribution < 1.29 is 19.4 Å². The van der Waals surface area contributed by atoms with Crippen molar-refractivity contribution in [3.63, 3.8) is 0 Å². The molecule has 1 aliphatic heterocycles. The van der Waals surface area contributed by atoms with E-state index in [4.69, 9.17) is 4.74 Å². The highest BCUT2D eigenvalue weighted by Crippen LogP contribution is 2.33. The van der Waals surface area contributed by atoms with Crippen LogP contribution in [0.2, 0.25) is 0 Å². The normalized spacial score (nSPS) is 16.9. The molecule has 2 N–H and O–H groups in total. The number of hydrogen-bond donors (Lipinski definition) is 2. The Kier molecular flexibility index (Phi) is 6.33. The summed E-state index contributed by atoms with van der Waals surface area (Å²) in [6.07, 6.45) is 6.58. The molecular weight excluding hydrogens is 462 g/mol. The van der Waals surface area contributed by atoms with Crippen LogP contribution in [0.5, 0.6) is 5.75 Å². The molecule has 2 aliphatic rings. The monoisotopic (exact) mass is 489 g/mol. The lowest BCUT2D eigenvalue weighted by Crippen LogP contribution is -2.42. The predicted octanol–water partition coefficient (Wildman–Crippen LogP) is 2.74. The molecule has 36 heavy (non-hydrogen) atoms. The molecule has 5 rings (SSSR count). The van der Waals surface area contributed by atoms with Gasteiger partial charge in [-0.25, -0.2) is 14.8 Å². The SMILES string of the molecule is CC#CCOc1cc2nn(C)cc2cc1NC(=O)c1cnc(N2CC[C@@H](N(C(=O)O)C3CC3)C2)cn1. The summed E-state index contributed by atoms with van der Waals surface area (Å²) in [5.41, 5.74) is 1.39. The third-order valence-electron chi connectivity index (χ3n) is 6.36. The van der Waals surface area contributed by atoms with Crippen LogP contribution in [-0.4, -0.2) is 73.5 Å². The fourth-order valence-electron chi connectivity index (χ4n) is 4.51. The second-order valence-electron chi connectivity index (χ2n) is 8.95. The summed E-state index contributed by atoms with van der Waals surface area (Å²) in [6.45, 7) is 3.17. The highest BCUT2D eigenvalue weighted by atomic mass is 16.5. The van der Waals surface area contributed by atoms with Gasteiger partial charge in [0, 0.05) is 43.8 Å². The molecule has 11 heteroatoms. The van der Waals surface area contributed by atoms with Gasteiger partial charge in [-0.2, -0.15) is 5.10 Å². The molecule has 11 nitrogen and oxygen atoms in total. The van der Waals surface area contributed by atoms with Gasteiger partial charge in [-0.3, -0.25) is 9.48 Å². The molecule has 0 spiro atoms. The second-order valence-corrected chi connectivity index (χ2v) is 8.95. The molecule has 3 heterocycles. The summed E-state index contributed by atoms with van der Waals surface area (Å²) in [4.78, 5) is 37.0. The van der Waals surface area contributed by atoms with Crippen molar-refractivity contribution in [2.45, 2.75) is 38.3 Å². The first-order valence-electron chi connectivity index (χ1n) is 11.8. The quantitative estimate of drug-likeness (QED) is 0.485. The number of amides is 2. The van der Waals surface area contributed by atoms with E-state index in [1.54, 1.807) is 34.8 Å². The van der Waals surface area contributed by atoms with Gasteiger partial charge in [0.2, 0.25) is 0 Å². The van der Waals surface area contributed by atoms with Crippen LogP contribution in [0.25, 0.3) is 10.9 Å². The zero-order valence-corrected chi connectivity index (χ0v) is 20.1. The zero-order valence-electron chi connectivity index (χ0n) is 20.1. The summed E-state index contributed by atoms with van der Waals surface area (Å²) in [5.74, 6) is 6.29. The number of nitrogens with one attached hydrogen (secondary N) is 1. The molecule has 2 amide bonds. The van der Waals surface area contributed by atoms with E-state index in [0.717, 1.165) is 30.2 Å². The first kappa shape index (κ1) is 23.4. The van der Waals surface area contributed by atoms with Crippen LogP contribution >= 0.6 is 0 Å². The van der Waals surface area contributed by atoms with Crippen LogP contribution in [0.15, 0.2) is 30.7 Å². The number of ether oxygens (including phenoxy) is 1. The first-order valence-corrected chi connectivity index (χ1v) is 11.8. The Bertz CT molecular complexity index is 1350. The first-order chi connectivity index (χ1) is 17.4. The molecule has 1 saturated carbocycles. The molecule has 1 saturated heterocycles. The van der Waals surface area contributed by atoms with Crippen molar-refractivity contribution in [2.24, 2.45) is 7.05 Å². The average Bonchev–Trinajstić information content (AvgIpc) is 3.44. The molecule has 1 aromatic carbocycles. The van der Waals surface area contributed by atoms with Gasteiger partial charge in [-0.05, 0) is 32.3 Å². The van der Waals surface area contributed by atoms with Crippen molar-refractivity contribution in [2.75, 3.05) is 29.9 Å². The second kappa shape index (κ2) is 9.73. The van der Waals surface area contributed by atoms with Gasteiger partial charge in [0.05, 0.1) is 29.6 Å². The maximum atomic E-state index is 13.0. The van der Waals surface area contributed by atoms with E-state index >= 15 is 0 Å². The zero-order chi connectivity index (χ0) is 25.2. The molecule has 1 atom stereocenters. The van der Waals surface area contributed by atoms with E-state index in [1.165, 1.54) is 6.20 Å². The van der Waals surface area contributed by atoms with Crippen molar-refractivity contribution >= 4 is 34.4 Å². The van der Waals surface area contributed by atoms with Crippen LogP contribution in [-0.2, 0) is 7.05 Å². The molecule has 0 unspecified atom stereocenters. The fraction of sp³-hybridized carbons (Fsp3) is 0.400.